The van der Waals surface area contributed by atoms with E-state index in [-0.39, 0.29) is 0 Å². The molecular weight excluding hydrogens is 332 g/mol. The lowest BCUT2D eigenvalue weighted by atomic mass is 9.90. The van der Waals surface area contributed by atoms with Crippen molar-refractivity contribution in [1.82, 2.24) is 5.32 Å². The molecule has 0 radical (unpaired) electrons. The number of rotatable bonds is 9. The summed E-state index contributed by atoms with van der Waals surface area (Å²) in [7, 11) is 3.12. The maximum atomic E-state index is 12.4. The van der Waals surface area contributed by atoms with Crippen LogP contribution < -0.4 is 10.1 Å². The third-order valence-corrected chi connectivity index (χ3v) is 4.96. The minimum Gasteiger partial charge on any atom is -0.496 e. The highest BCUT2D eigenvalue weighted by Crippen LogP contribution is 2.33. The summed E-state index contributed by atoms with van der Waals surface area (Å²) in [5.74, 6) is 1.49. The van der Waals surface area contributed by atoms with Crippen LogP contribution in [0.4, 0.5) is 4.79 Å². The number of amides is 2. The molecule has 1 aromatic carbocycles. The maximum Gasteiger partial charge on any atom is 0.535 e. The Bertz CT molecular complexity index is 684. The highest BCUT2D eigenvalue weighted by Gasteiger charge is 2.47. The second-order valence-corrected chi connectivity index (χ2v) is 6.57. The number of urea groups is 1. The number of nitrogens with zero attached hydrogens (tertiary/aromatic N) is 1. The second kappa shape index (κ2) is 9.36. The van der Waals surface area contributed by atoms with Crippen molar-refractivity contribution in [2.24, 2.45) is 5.92 Å². The smallest absolute Gasteiger partial charge is 0.496 e. The molecule has 1 aromatic rings. The van der Waals surface area contributed by atoms with Crippen molar-refractivity contribution in [1.29, 1.82) is 0 Å². The predicted molar refractivity (Wildman–Crippen MR) is 101 cm³/mol. The van der Waals surface area contributed by atoms with Crippen LogP contribution in [0.5, 0.6) is 5.75 Å². The Labute approximate surface area is 155 Å². The minimum atomic E-state index is -0.639. The summed E-state index contributed by atoms with van der Waals surface area (Å²) in [6.07, 6.45) is 4.88. The number of unbranched alkanes of at least 4 members (excludes halogenated alkanes) is 1. The van der Waals surface area contributed by atoms with E-state index in [2.05, 4.69) is 19.2 Å². The molecule has 6 nitrogen and oxygen atoms in total. The topological polar surface area (TPSA) is 67.6 Å². The van der Waals surface area contributed by atoms with Gasteiger partial charge >= 0.3 is 6.03 Å². The van der Waals surface area contributed by atoms with Gasteiger partial charge in [-0.05, 0) is 18.1 Å². The highest BCUT2D eigenvalue weighted by molar-refractivity contribution is 5.78. The molecule has 0 bridgehead atoms. The molecule has 6 heteroatoms. The fourth-order valence-electron chi connectivity index (χ4n) is 3.43. The van der Waals surface area contributed by atoms with Gasteiger partial charge in [0.2, 0.25) is 6.04 Å². The monoisotopic (exact) mass is 361 g/mol. The van der Waals surface area contributed by atoms with Crippen LogP contribution in [-0.2, 0) is 4.74 Å². The van der Waals surface area contributed by atoms with Crippen molar-refractivity contribution in [2.45, 2.75) is 52.0 Å². The van der Waals surface area contributed by atoms with Crippen LogP contribution in [-0.4, -0.2) is 31.1 Å². The Hall–Kier alpha value is -2.37. The van der Waals surface area contributed by atoms with Crippen LogP contribution >= 0.6 is 0 Å². The number of methoxy groups -OCH3 is 2. The zero-order chi connectivity index (χ0) is 19.1. The molecule has 2 atom stereocenters. The van der Waals surface area contributed by atoms with E-state index in [0.717, 1.165) is 31.2 Å². The van der Waals surface area contributed by atoms with E-state index in [1.807, 2.05) is 24.3 Å². The highest BCUT2D eigenvalue weighted by atomic mass is 16.5. The molecule has 2 rings (SSSR count). The van der Waals surface area contributed by atoms with Gasteiger partial charge in [-0.25, -0.2) is 0 Å². The largest absolute Gasteiger partial charge is 0.535 e. The lowest BCUT2D eigenvalue weighted by Crippen LogP contribution is -2.24. The minimum absolute atomic E-state index is 0.384. The maximum absolute atomic E-state index is 12.4. The van der Waals surface area contributed by atoms with Crippen LogP contribution in [0.15, 0.2) is 30.0 Å². The number of nitrogens with one attached hydrogen (secondary N) is 1. The number of hydrogen-bond acceptors (Lipinski definition) is 4. The predicted octanol–water partition coefficient (Wildman–Crippen LogP) is 4.49. The molecule has 1 fully saturated rings. The van der Waals surface area contributed by atoms with Gasteiger partial charge < -0.3 is 9.47 Å². The lowest BCUT2D eigenvalue weighted by molar-refractivity contribution is -0.471. The Balaban J connectivity index is 2.43. The SMILES string of the molecule is CCCCC(CC)CC1C(=C(OC)c2ccccc2OC)NC(=O)[N+]1=O. The normalized spacial score (nSPS) is 19.9. The molecule has 1 N–H and O–H groups in total. The van der Waals surface area contributed by atoms with Gasteiger partial charge in [0.05, 0.1) is 19.8 Å². The molecule has 0 aliphatic carbocycles. The first kappa shape index (κ1) is 19.9. The van der Waals surface area contributed by atoms with Crippen molar-refractivity contribution < 1.29 is 19.0 Å². The Kier molecular flexibility index (Phi) is 7.18. The van der Waals surface area contributed by atoms with Crippen LogP contribution in [0.25, 0.3) is 5.76 Å². The van der Waals surface area contributed by atoms with Gasteiger partial charge in [0.25, 0.3) is 0 Å². The number of carbonyl (C=O) groups excluding carboxylic acids is 1. The number of ether oxygens (including phenoxy) is 2. The summed E-state index contributed by atoms with van der Waals surface area (Å²) < 4.78 is 11.6. The zero-order valence-corrected chi connectivity index (χ0v) is 16.1. The molecule has 0 aromatic heterocycles. The fourth-order valence-corrected chi connectivity index (χ4v) is 3.43. The van der Waals surface area contributed by atoms with Crippen LogP contribution in [0.2, 0.25) is 0 Å². The van der Waals surface area contributed by atoms with Crippen LogP contribution in [0.1, 0.15) is 51.5 Å². The quantitative estimate of drug-likeness (QED) is 0.520. The Morgan fingerprint density at radius 2 is 2.00 bits per heavy atom. The van der Waals surface area contributed by atoms with Gasteiger partial charge in [-0.15, -0.1) is 0 Å². The molecule has 26 heavy (non-hydrogen) atoms. The number of nitroso groups, excluding NO2 is 1. The number of para-hydroxylation sites is 1. The number of carbonyl (C=O) groups is 1. The van der Waals surface area contributed by atoms with Gasteiger partial charge in [-0.3, -0.25) is 0 Å². The third kappa shape index (κ3) is 4.23. The van der Waals surface area contributed by atoms with Crippen molar-refractivity contribution >= 4 is 11.8 Å². The van der Waals surface area contributed by atoms with Crippen LogP contribution in [0.3, 0.4) is 0 Å². The zero-order valence-electron chi connectivity index (χ0n) is 16.1. The summed E-state index contributed by atoms with van der Waals surface area (Å²) in [5, 5.41) is 2.71. The van der Waals surface area contributed by atoms with Crippen molar-refractivity contribution in [3.05, 3.63) is 40.4 Å². The Morgan fingerprint density at radius 3 is 2.62 bits per heavy atom. The van der Waals surface area contributed by atoms with Crippen molar-refractivity contribution in [3.8, 4) is 5.75 Å². The molecule has 0 spiro atoms. The molecule has 2 amide bonds. The van der Waals surface area contributed by atoms with E-state index < -0.39 is 12.1 Å². The van der Waals surface area contributed by atoms with E-state index in [1.54, 1.807) is 14.2 Å². The van der Waals surface area contributed by atoms with Gasteiger partial charge in [-0.1, -0.05) is 56.6 Å². The van der Waals surface area contributed by atoms with E-state index in [1.165, 1.54) is 0 Å². The molecule has 1 saturated heterocycles. The lowest BCUT2D eigenvalue weighted by Gasteiger charge is -2.17. The van der Waals surface area contributed by atoms with E-state index in [0.29, 0.717) is 34.3 Å². The number of hydrogen-bond donors (Lipinski definition) is 1. The van der Waals surface area contributed by atoms with Gasteiger partial charge in [0.15, 0.2) is 11.5 Å². The molecule has 1 heterocycles. The Morgan fingerprint density at radius 1 is 1.27 bits per heavy atom. The van der Waals surface area contributed by atoms with Gasteiger partial charge in [-0.2, -0.15) is 10.1 Å². The average molecular weight is 361 g/mol. The summed E-state index contributed by atoms with van der Waals surface area (Å²) in [5.41, 5.74) is 1.24. The fraction of sp³-hybridized carbons (Fsp3) is 0.550. The first-order valence-electron chi connectivity index (χ1n) is 9.26. The molecule has 142 valence electrons. The van der Waals surface area contributed by atoms with Crippen LogP contribution in [0, 0.1) is 10.8 Å². The number of benzene rings is 1. The third-order valence-electron chi connectivity index (χ3n) is 4.96. The van der Waals surface area contributed by atoms with E-state index in [9.17, 15) is 9.70 Å². The standard InChI is InChI=1S/C20H28N2O4/c1-5-7-10-14(6-2)13-16-18(21-20(23)22(16)24)19(26-4)15-11-8-9-12-17(15)25-3/h8-9,11-12,14,16H,5-7,10,13H2,1-4H3/p+1. The summed E-state index contributed by atoms with van der Waals surface area (Å²) >= 11 is 0. The van der Waals surface area contributed by atoms with Gasteiger partial charge in [0, 0.05) is 11.2 Å². The molecule has 1 aliphatic rings. The van der Waals surface area contributed by atoms with Gasteiger partial charge in [0.1, 0.15) is 5.75 Å². The summed E-state index contributed by atoms with van der Waals surface area (Å²) in [6.45, 7) is 4.28. The van der Waals surface area contributed by atoms with Crippen molar-refractivity contribution in [2.75, 3.05) is 14.2 Å². The molecule has 0 saturated carbocycles. The summed E-state index contributed by atoms with van der Waals surface area (Å²) in [4.78, 5) is 24.5. The first-order chi connectivity index (χ1) is 12.6. The van der Waals surface area contributed by atoms with Crippen molar-refractivity contribution in [3.63, 3.8) is 0 Å². The average Bonchev–Trinajstić information content (AvgIpc) is 2.94. The second-order valence-electron chi connectivity index (χ2n) is 6.57. The first-order valence-corrected chi connectivity index (χ1v) is 9.26. The van der Waals surface area contributed by atoms with E-state index >= 15 is 0 Å². The molecular formula is C20H29N2O4+. The molecule has 2 unspecified atom stereocenters. The molecule has 1 aliphatic heterocycles. The van der Waals surface area contributed by atoms with E-state index in [4.69, 9.17) is 9.47 Å². The summed E-state index contributed by atoms with van der Waals surface area (Å²) in [6, 6.07) is 6.21.